The molecule has 0 unspecified atom stereocenters. The third kappa shape index (κ3) is 42.0. The van der Waals surface area contributed by atoms with E-state index < -0.39 is 21.5 Å². The maximum absolute atomic E-state index is 8.60. The van der Waals surface area contributed by atoms with Gasteiger partial charge in [-0.25, -0.2) is 0 Å². The molecule has 0 bridgehead atoms. The van der Waals surface area contributed by atoms with Crippen LogP contribution in [0.1, 0.15) is 0 Å². The minimum absolute atomic E-state index is 0. The van der Waals surface area contributed by atoms with E-state index in [2.05, 4.69) is 0 Å². The monoisotopic (exact) mass is 238 g/mol. The van der Waals surface area contributed by atoms with Crippen LogP contribution in [-0.4, -0.2) is 21.5 Å². The predicted octanol–water partition coefficient (Wildman–Crippen LogP) is -12.9. The summed E-state index contributed by atoms with van der Waals surface area (Å²) >= 11 is -4.20. The van der Waals surface area contributed by atoms with E-state index >= 15 is 0 Å². The van der Waals surface area contributed by atoms with Crippen LogP contribution in [0.3, 0.4) is 0 Å². The van der Waals surface area contributed by atoms with Crippen molar-refractivity contribution in [1.82, 2.24) is 0 Å². The van der Waals surface area contributed by atoms with E-state index in [9.17, 15) is 0 Å². The number of hydrogen-bond acceptors (Lipinski definition) is 3. The van der Waals surface area contributed by atoms with Gasteiger partial charge in [0.15, 0.2) is 0 Å². The standard InChI is InChI=1S/3Na.3O.Sb/q3*+1;3*-1;. The molecule has 7 heteroatoms. The first-order chi connectivity index (χ1) is 1.73. The van der Waals surface area contributed by atoms with Gasteiger partial charge in [0, 0.05) is 0 Å². The zero-order chi connectivity index (χ0) is 3.58. The Hall–Kier alpha value is 3.70. The van der Waals surface area contributed by atoms with Crippen LogP contribution in [-0.2, 0) is 0 Å². The third-order valence-electron chi connectivity index (χ3n) is 0. The molecule has 0 aromatic heterocycles. The SMILES string of the molecule is [Na+].[Na+].[Na+].[O-][Sb]([O-])[O-]. The topological polar surface area (TPSA) is 69.2 Å². The van der Waals surface area contributed by atoms with Crippen LogP contribution in [0.4, 0.5) is 0 Å². The van der Waals surface area contributed by atoms with E-state index in [1.165, 1.54) is 0 Å². The van der Waals surface area contributed by atoms with Crippen molar-refractivity contribution in [3.05, 3.63) is 0 Å². The van der Waals surface area contributed by atoms with Crippen LogP contribution < -0.4 is 98.8 Å². The molecule has 26 valence electrons. The summed E-state index contributed by atoms with van der Waals surface area (Å²) in [5.41, 5.74) is 0. The van der Waals surface area contributed by atoms with Gasteiger partial charge < -0.3 is 0 Å². The Morgan fingerprint density at radius 3 is 0.714 bits per heavy atom. The van der Waals surface area contributed by atoms with Gasteiger partial charge in [-0.2, -0.15) is 0 Å². The van der Waals surface area contributed by atoms with E-state index in [0.717, 1.165) is 0 Å². The van der Waals surface area contributed by atoms with Crippen LogP contribution in [0.5, 0.6) is 0 Å². The predicted molar refractivity (Wildman–Crippen MR) is 5.75 cm³/mol. The molecular formula is Na3O3Sb. The van der Waals surface area contributed by atoms with E-state index in [4.69, 9.17) is 10.2 Å². The molecule has 0 amide bonds. The minimum atomic E-state index is -4.20. The molecule has 0 atom stereocenters. The Morgan fingerprint density at radius 2 is 0.714 bits per heavy atom. The first-order valence-corrected chi connectivity index (χ1v) is 3.67. The normalized spacial score (nSPS) is 5.14. The van der Waals surface area contributed by atoms with Gasteiger partial charge in [-0.1, -0.05) is 0 Å². The van der Waals surface area contributed by atoms with Gasteiger partial charge in [0.25, 0.3) is 0 Å². The second-order valence-electron chi connectivity index (χ2n) is 0.224. The summed E-state index contributed by atoms with van der Waals surface area (Å²) in [5.74, 6) is 0. The Bertz CT molecular complexity index is 14.9. The van der Waals surface area contributed by atoms with E-state index in [-0.39, 0.29) is 88.7 Å². The number of hydrogen-bond donors (Lipinski definition) is 0. The van der Waals surface area contributed by atoms with Gasteiger partial charge in [-0.3, -0.25) is 0 Å². The molecule has 0 aliphatic rings. The second kappa shape index (κ2) is 16.4. The van der Waals surface area contributed by atoms with E-state index in [1.54, 1.807) is 0 Å². The van der Waals surface area contributed by atoms with Crippen molar-refractivity contribution in [2.24, 2.45) is 0 Å². The molecule has 0 aromatic carbocycles. The quantitative estimate of drug-likeness (QED) is 0.394. The molecule has 0 saturated heterocycles. The molecule has 0 radical (unpaired) electrons. The zero-order valence-electron chi connectivity index (χ0n) is 4.67. The van der Waals surface area contributed by atoms with Crippen LogP contribution in [0.2, 0.25) is 0 Å². The Morgan fingerprint density at radius 1 is 0.714 bits per heavy atom. The average Bonchev–Trinajstić information content (AvgIpc) is 0.811. The Labute approximate surface area is 117 Å². The summed E-state index contributed by atoms with van der Waals surface area (Å²) in [6.07, 6.45) is 0. The molecule has 0 N–H and O–H groups in total. The number of rotatable bonds is 0. The van der Waals surface area contributed by atoms with Crippen LogP contribution >= 0.6 is 0 Å². The average molecular weight is 239 g/mol. The fraction of sp³-hybridized carbons (Fsp3) is 0. The third-order valence-corrected chi connectivity index (χ3v) is 0. The van der Waals surface area contributed by atoms with Crippen LogP contribution in [0, 0.1) is 0 Å². The van der Waals surface area contributed by atoms with Crippen molar-refractivity contribution in [3.8, 4) is 0 Å². The first kappa shape index (κ1) is 22.4. The van der Waals surface area contributed by atoms with Crippen molar-refractivity contribution >= 4 is 21.5 Å². The zero-order valence-corrected chi connectivity index (χ0v) is 13.2. The summed E-state index contributed by atoms with van der Waals surface area (Å²) < 4.78 is 25.8. The van der Waals surface area contributed by atoms with Crippen molar-refractivity contribution in [3.63, 3.8) is 0 Å². The molecule has 0 aliphatic heterocycles. The molecular weight excluding hydrogens is 239 g/mol. The molecule has 7 heavy (non-hydrogen) atoms. The molecule has 3 nitrogen and oxygen atoms in total. The van der Waals surface area contributed by atoms with Crippen LogP contribution in [0.25, 0.3) is 0 Å². The summed E-state index contributed by atoms with van der Waals surface area (Å²) in [6.45, 7) is 0. The molecule has 0 rings (SSSR count). The van der Waals surface area contributed by atoms with Crippen molar-refractivity contribution < 1.29 is 98.8 Å². The summed E-state index contributed by atoms with van der Waals surface area (Å²) in [5, 5.41) is 0. The van der Waals surface area contributed by atoms with Gasteiger partial charge >= 0.3 is 120 Å². The summed E-state index contributed by atoms with van der Waals surface area (Å²) in [4.78, 5) is 0. The summed E-state index contributed by atoms with van der Waals surface area (Å²) in [7, 11) is 0. The molecule has 0 aromatic rings. The fourth-order valence-electron chi connectivity index (χ4n) is 0. The van der Waals surface area contributed by atoms with Crippen molar-refractivity contribution in [2.45, 2.75) is 0 Å². The summed E-state index contributed by atoms with van der Waals surface area (Å²) in [6, 6.07) is 0. The van der Waals surface area contributed by atoms with E-state index in [1.807, 2.05) is 0 Å². The molecule has 0 saturated carbocycles. The second-order valence-corrected chi connectivity index (χ2v) is 1.50. The molecule has 0 aliphatic carbocycles. The maximum atomic E-state index is 8.60. The van der Waals surface area contributed by atoms with Crippen molar-refractivity contribution in [1.29, 1.82) is 0 Å². The molecule has 0 heterocycles. The van der Waals surface area contributed by atoms with Gasteiger partial charge in [0.05, 0.1) is 0 Å². The van der Waals surface area contributed by atoms with Gasteiger partial charge in [0.1, 0.15) is 0 Å². The van der Waals surface area contributed by atoms with Crippen LogP contribution in [0.15, 0.2) is 0 Å². The first-order valence-electron chi connectivity index (χ1n) is 0.548. The Kier molecular flexibility index (Phi) is 52.4. The van der Waals surface area contributed by atoms with Gasteiger partial charge in [-0.05, 0) is 0 Å². The molecule has 0 spiro atoms. The van der Waals surface area contributed by atoms with Gasteiger partial charge in [-0.15, -0.1) is 0 Å². The Balaban J connectivity index is -0.0000000150. The van der Waals surface area contributed by atoms with Gasteiger partial charge in [0.2, 0.25) is 0 Å². The fourth-order valence-corrected chi connectivity index (χ4v) is 0. The molecule has 0 fully saturated rings. The van der Waals surface area contributed by atoms with Crippen molar-refractivity contribution in [2.75, 3.05) is 0 Å². The van der Waals surface area contributed by atoms with E-state index in [0.29, 0.717) is 0 Å².